The fourth-order valence-electron chi connectivity index (χ4n) is 1.78. The second-order valence-corrected chi connectivity index (χ2v) is 4.94. The summed E-state index contributed by atoms with van der Waals surface area (Å²) in [5.74, 6) is -1.09. The number of carbonyl (C=O) groups excluding carboxylic acids is 2. The van der Waals surface area contributed by atoms with Gasteiger partial charge in [0.05, 0.1) is 18.2 Å². The summed E-state index contributed by atoms with van der Waals surface area (Å²) in [5.41, 5.74) is 0. The zero-order valence-electron chi connectivity index (χ0n) is 12.4. The topological polar surface area (TPSA) is 139 Å². The lowest BCUT2D eigenvalue weighted by Gasteiger charge is -2.34. The first-order valence-corrected chi connectivity index (χ1v) is 6.54. The Balaban J connectivity index is 4.99. The highest BCUT2D eigenvalue weighted by Crippen LogP contribution is 2.11. The second kappa shape index (κ2) is 8.73. The van der Waals surface area contributed by atoms with Crippen molar-refractivity contribution in [3.63, 3.8) is 0 Å². The summed E-state index contributed by atoms with van der Waals surface area (Å²) in [7, 11) is 0. The van der Waals surface area contributed by atoms with Crippen LogP contribution in [0.25, 0.3) is 0 Å². The maximum Gasteiger partial charge on any atom is 0.243 e. The van der Waals surface area contributed by atoms with Crippen molar-refractivity contribution in [2.45, 2.75) is 57.3 Å². The van der Waals surface area contributed by atoms with Crippen molar-refractivity contribution in [1.29, 1.82) is 0 Å². The van der Waals surface area contributed by atoms with Gasteiger partial charge in [0.25, 0.3) is 0 Å². The van der Waals surface area contributed by atoms with Gasteiger partial charge < -0.3 is 31.1 Å². The smallest absolute Gasteiger partial charge is 0.243 e. The van der Waals surface area contributed by atoms with Crippen LogP contribution < -0.4 is 10.6 Å². The highest BCUT2D eigenvalue weighted by Gasteiger charge is 2.37. The molecule has 0 heterocycles. The van der Waals surface area contributed by atoms with Crippen molar-refractivity contribution in [3.05, 3.63) is 12.7 Å². The first-order chi connectivity index (χ1) is 9.61. The molecular formula is C13H24N2O6. The average molecular weight is 304 g/mol. The van der Waals surface area contributed by atoms with Gasteiger partial charge in [0, 0.05) is 6.92 Å². The molecule has 0 saturated heterocycles. The minimum atomic E-state index is -1.60. The van der Waals surface area contributed by atoms with Crippen molar-refractivity contribution in [3.8, 4) is 0 Å². The molecule has 6 atom stereocenters. The van der Waals surface area contributed by atoms with Crippen LogP contribution in [-0.2, 0) is 9.59 Å². The van der Waals surface area contributed by atoms with Crippen LogP contribution in [0.3, 0.4) is 0 Å². The van der Waals surface area contributed by atoms with Crippen molar-refractivity contribution >= 4 is 11.8 Å². The van der Waals surface area contributed by atoms with Gasteiger partial charge in [-0.1, -0.05) is 6.58 Å². The van der Waals surface area contributed by atoms with E-state index in [4.69, 9.17) is 0 Å². The molecule has 0 aliphatic carbocycles. The number of hydrogen-bond donors (Lipinski definition) is 6. The van der Waals surface area contributed by atoms with Gasteiger partial charge in [0.1, 0.15) is 18.3 Å². The van der Waals surface area contributed by atoms with Crippen LogP contribution in [0.2, 0.25) is 0 Å². The van der Waals surface area contributed by atoms with E-state index in [1.54, 1.807) is 0 Å². The lowest BCUT2D eigenvalue weighted by atomic mass is 9.93. The SMILES string of the molecule is C=CC(=O)NC(C)C(O)C(O)C(NC(C)=O)C(O)C(C)O. The number of hydrogen-bond acceptors (Lipinski definition) is 6. The van der Waals surface area contributed by atoms with E-state index in [0.717, 1.165) is 6.08 Å². The third-order valence-electron chi connectivity index (χ3n) is 3.02. The quantitative estimate of drug-likeness (QED) is 0.277. The standard InChI is InChI=1S/C13H24N2O6/c1-5-9(18)14-6(2)11(19)13(21)10(15-8(4)17)12(20)7(3)16/h5-7,10-13,16,19-21H,1H2,2-4H3,(H,14,18)(H,15,17). The zero-order chi connectivity index (χ0) is 16.7. The van der Waals surface area contributed by atoms with Gasteiger partial charge in [-0.25, -0.2) is 0 Å². The summed E-state index contributed by atoms with van der Waals surface area (Å²) in [6, 6.07) is -2.15. The molecule has 2 amide bonds. The number of nitrogens with one attached hydrogen (secondary N) is 2. The molecule has 0 aromatic carbocycles. The molecule has 0 aliphatic heterocycles. The van der Waals surface area contributed by atoms with E-state index in [-0.39, 0.29) is 0 Å². The minimum absolute atomic E-state index is 0.541. The number of aliphatic hydroxyl groups is 4. The van der Waals surface area contributed by atoms with E-state index < -0.39 is 48.3 Å². The number of aliphatic hydroxyl groups excluding tert-OH is 4. The molecule has 0 rings (SSSR count). The predicted molar refractivity (Wildman–Crippen MR) is 75.1 cm³/mol. The van der Waals surface area contributed by atoms with Gasteiger partial charge in [-0.05, 0) is 19.9 Å². The van der Waals surface area contributed by atoms with Gasteiger partial charge in [0.2, 0.25) is 11.8 Å². The van der Waals surface area contributed by atoms with Crippen LogP contribution in [-0.4, -0.2) is 68.7 Å². The van der Waals surface area contributed by atoms with E-state index >= 15 is 0 Å². The van der Waals surface area contributed by atoms with Crippen LogP contribution in [0.15, 0.2) is 12.7 Å². The molecular weight excluding hydrogens is 280 g/mol. The second-order valence-electron chi connectivity index (χ2n) is 4.94. The molecule has 0 spiro atoms. The van der Waals surface area contributed by atoms with Gasteiger partial charge >= 0.3 is 0 Å². The van der Waals surface area contributed by atoms with E-state index in [0.29, 0.717) is 0 Å². The van der Waals surface area contributed by atoms with Crippen molar-refractivity contribution in [2.24, 2.45) is 0 Å². The van der Waals surface area contributed by atoms with Gasteiger partial charge in [-0.15, -0.1) is 0 Å². The average Bonchev–Trinajstić information content (AvgIpc) is 2.41. The molecule has 0 fully saturated rings. The molecule has 0 saturated carbocycles. The first-order valence-electron chi connectivity index (χ1n) is 6.54. The van der Waals surface area contributed by atoms with Gasteiger partial charge in [0.15, 0.2) is 0 Å². The van der Waals surface area contributed by atoms with E-state index in [2.05, 4.69) is 17.2 Å². The first kappa shape index (κ1) is 19.5. The minimum Gasteiger partial charge on any atom is -0.391 e. The summed E-state index contributed by atoms with van der Waals surface area (Å²) in [4.78, 5) is 22.3. The van der Waals surface area contributed by atoms with E-state index in [1.807, 2.05) is 0 Å². The summed E-state index contributed by atoms with van der Waals surface area (Å²) >= 11 is 0. The Morgan fingerprint density at radius 3 is 1.90 bits per heavy atom. The number of carbonyl (C=O) groups is 2. The van der Waals surface area contributed by atoms with Crippen molar-refractivity contribution in [1.82, 2.24) is 10.6 Å². The molecule has 122 valence electrons. The molecule has 0 aromatic heterocycles. The monoisotopic (exact) mass is 304 g/mol. The Hall–Kier alpha value is -1.48. The van der Waals surface area contributed by atoms with Crippen molar-refractivity contribution < 1.29 is 30.0 Å². The van der Waals surface area contributed by atoms with Crippen LogP contribution in [0, 0.1) is 0 Å². The Morgan fingerprint density at radius 1 is 1.00 bits per heavy atom. The summed E-state index contributed by atoms with van der Waals surface area (Å²) in [5, 5.41) is 43.9. The molecule has 8 nitrogen and oxygen atoms in total. The lowest BCUT2D eigenvalue weighted by molar-refractivity contribution is -0.127. The molecule has 8 heteroatoms. The molecule has 0 aromatic rings. The highest BCUT2D eigenvalue weighted by molar-refractivity contribution is 5.87. The molecule has 0 radical (unpaired) electrons. The zero-order valence-corrected chi connectivity index (χ0v) is 12.4. The van der Waals surface area contributed by atoms with Crippen LogP contribution in [0.4, 0.5) is 0 Å². The van der Waals surface area contributed by atoms with Gasteiger partial charge in [-0.2, -0.15) is 0 Å². The number of amides is 2. The lowest BCUT2D eigenvalue weighted by Crippen LogP contribution is -2.60. The fourth-order valence-corrected chi connectivity index (χ4v) is 1.78. The van der Waals surface area contributed by atoms with Crippen LogP contribution in [0.1, 0.15) is 20.8 Å². The molecule has 6 N–H and O–H groups in total. The maximum absolute atomic E-state index is 11.2. The Kier molecular flexibility index (Phi) is 8.11. The summed E-state index contributed by atoms with van der Waals surface area (Å²) in [6.07, 6.45) is -4.79. The molecule has 0 aliphatic rings. The van der Waals surface area contributed by atoms with E-state index in [9.17, 15) is 30.0 Å². The Bertz CT molecular complexity index is 374. The Morgan fingerprint density at radius 2 is 1.52 bits per heavy atom. The molecule has 21 heavy (non-hydrogen) atoms. The largest absolute Gasteiger partial charge is 0.391 e. The number of rotatable bonds is 8. The fraction of sp³-hybridized carbons (Fsp3) is 0.692. The van der Waals surface area contributed by atoms with Gasteiger partial charge in [-0.3, -0.25) is 9.59 Å². The van der Waals surface area contributed by atoms with Crippen molar-refractivity contribution in [2.75, 3.05) is 0 Å². The normalized spacial score (nSPS) is 19.6. The predicted octanol–water partition coefficient (Wildman–Crippen LogP) is -2.35. The summed E-state index contributed by atoms with van der Waals surface area (Å²) < 4.78 is 0. The van der Waals surface area contributed by atoms with E-state index in [1.165, 1.54) is 20.8 Å². The summed E-state index contributed by atoms with van der Waals surface area (Å²) in [6.45, 7) is 7.15. The third-order valence-corrected chi connectivity index (χ3v) is 3.02. The third kappa shape index (κ3) is 6.21. The van der Waals surface area contributed by atoms with Crippen LogP contribution in [0.5, 0.6) is 0 Å². The maximum atomic E-state index is 11.2. The highest BCUT2D eigenvalue weighted by atomic mass is 16.3. The molecule has 6 unspecified atom stereocenters. The molecule has 0 bridgehead atoms. The van der Waals surface area contributed by atoms with Crippen LogP contribution >= 0.6 is 0 Å². The Labute approximate surface area is 123 Å².